The molecule has 0 saturated carbocycles. The Kier molecular flexibility index (Phi) is 6.15. The molecule has 1 aliphatic heterocycles. The first kappa shape index (κ1) is 12.6. The van der Waals surface area contributed by atoms with Gasteiger partial charge in [0.1, 0.15) is 6.67 Å². The Morgan fingerprint density at radius 1 is 1.56 bits per heavy atom. The van der Waals surface area contributed by atoms with Crippen LogP contribution >= 0.6 is 0 Å². The highest BCUT2D eigenvalue weighted by Gasteiger charge is 1.99. The summed E-state index contributed by atoms with van der Waals surface area (Å²) in [7, 11) is 0. The number of alkyl halides is 1. The number of nitrogens with one attached hydrogen (secondary N) is 1. The summed E-state index contributed by atoms with van der Waals surface area (Å²) in [5.74, 6) is 0.600. The summed E-state index contributed by atoms with van der Waals surface area (Å²) in [6, 6.07) is 0. The Labute approximate surface area is 95.9 Å². The fourth-order valence-corrected chi connectivity index (χ4v) is 1.30. The predicted molar refractivity (Wildman–Crippen MR) is 66.9 cm³/mol. The molecule has 88 valence electrons. The first-order valence-corrected chi connectivity index (χ1v) is 5.55. The van der Waals surface area contributed by atoms with Crippen molar-refractivity contribution in [3.8, 4) is 0 Å². The van der Waals surface area contributed by atoms with Crippen LogP contribution in [0.2, 0.25) is 0 Å². The van der Waals surface area contributed by atoms with Gasteiger partial charge in [-0.1, -0.05) is 12.2 Å². The molecule has 0 radical (unpaired) electrons. The van der Waals surface area contributed by atoms with E-state index in [1.807, 2.05) is 12.2 Å². The van der Waals surface area contributed by atoms with Crippen LogP contribution in [0.25, 0.3) is 0 Å². The molecule has 16 heavy (non-hydrogen) atoms. The maximum Gasteiger partial charge on any atom is 0.217 e. The van der Waals surface area contributed by atoms with Crippen molar-refractivity contribution in [3.05, 3.63) is 24.3 Å². The largest absolute Gasteiger partial charge is 0.355 e. The normalized spacial score (nSPS) is 15.8. The van der Waals surface area contributed by atoms with Crippen molar-refractivity contribution in [2.24, 2.45) is 9.98 Å². The highest BCUT2D eigenvalue weighted by molar-refractivity contribution is 5.93. The van der Waals surface area contributed by atoms with Gasteiger partial charge < -0.3 is 5.32 Å². The Morgan fingerprint density at radius 2 is 2.44 bits per heavy atom. The molecule has 0 aromatic rings. The lowest BCUT2D eigenvalue weighted by atomic mass is 10.2. The van der Waals surface area contributed by atoms with Gasteiger partial charge in [-0.15, -0.1) is 6.58 Å². The number of allylic oxidation sites excluding steroid dienone is 2. The molecule has 4 heteroatoms. The van der Waals surface area contributed by atoms with E-state index in [9.17, 15) is 4.39 Å². The summed E-state index contributed by atoms with van der Waals surface area (Å²) in [4.78, 5) is 8.38. The second kappa shape index (κ2) is 7.79. The molecule has 0 bridgehead atoms. The third-order valence-electron chi connectivity index (χ3n) is 2.17. The van der Waals surface area contributed by atoms with E-state index < -0.39 is 6.67 Å². The number of guanidine groups is 1. The van der Waals surface area contributed by atoms with Crippen LogP contribution in [0.15, 0.2) is 34.3 Å². The van der Waals surface area contributed by atoms with Crippen LogP contribution in [0.4, 0.5) is 4.39 Å². The van der Waals surface area contributed by atoms with Crippen LogP contribution in [0.1, 0.15) is 19.3 Å². The maximum absolute atomic E-state index is 12.4. The molecule has 0 spiro atoms. The standard InChI is InChI=1S/C12H18FN3/c1-2-3-4-7-14-12-15-8-5-6-11(9-13)10-16-12/h2,6,10H,1,3-5,7-9H2,(H,14,15). The summed E-state index contributed by atoms with van der Waals surface area (Å²) < 4.78 is 12.4. The van der Waals surface area contributed by atoms with Crippen LogP contribution < -0.4 is 5.32 Å². The zero-order valence-corrected chi connectivity index (χ0v) is 9.45. The minimum absolute atomic E-state index is 0.465. The quantitative estimate of drug-likeness (QED) is 0.563. The Bertz CT molecular complexity index is 305. The average Bonchev–Trinajstić information content (AvgIpc) is 2.27. The molecule has 3 nitrogen and oxygen atoms in total. The van der Waals surface area contributed by atoms with Gasteiger partial charge in [0.2, 0.25) is 5.96 Å². The molecule has 1 rings (SSSR count). The smallest absolute Gasteiger partial charge is 0.217 e. The van der Waals surface area contributed by atoms with Gasteiger partial charge in [0.05, 0.1) is 0 Å². The van der Waals surface area contributed by atoms with E-state index in [4.69, 9.17) is 0 Å². The predicted octanol–water partition coefficient (Wildman–Crippen LogP) is 2.27. The van der Waals surface area contributed by atoms with E-state index in [0.29, 0.717) is 18.1 Å². The molecule has 0 aromatic heterocycles. The summed E-state index contributed by atoms with van der Waals surface area (Å²) in [5, 5.41) is 3.12. The van der Waals surface area contributed by atoms with E-state index in [0.717, 1.165) is 25.8 Å². The first-order valence-electron chi connectivity index (χ1n) is 5.55. The van der Waals surface area contributed by atoms with E-state index >= 15 is 0 Å². The van der Waals surface area contributed by atoms with Crippen molar-refractivity contribution < 1.29 is 4.39 Å². The van der Waals surface area contributed by atoms with E-state index in [-0.39, 0.29) is 0 Å². The van der Waals surface area contributed by atoms with Gasteiger partial charge in [-0.25, -0.2) is 9.38 Å². The molecular formula is C12H18FN3. The third-order valence-corrected chi connectivity index (χ3v) is 2.17. The average molecular weight is 223 g/mol. The molecule has 0 unspecified atom stereocenters. The number of aliphatic imine (C=N–C) groups is 2. The topological polar surface area (TPSA) is 36.8 Å². The molecule has 0 aromatic carbocycles. The Hall–Kier alpha value is -1.45. The molecule has 0 aliphatic carbocycles. The molecule has 1 aliphatic rings. The summed E-state index contributed by atoms with van der Waals surface area (Å²) in [6.07, 6.45) is 8.00. The lowest BCUT2D eigenvalue weighted by Crippen LogP contribution is -2.23. The highest BCUT2D eigenvalue weighted by Crippen LogP contribution is 1.99. The van der Waals surface area contributed by atoms with Crippen molar-refractivity contribution >= 4 is 12.2 Å². The van der Waals surface area contributed by atoms with E-state index in [1.165, 1.54) is 0 Å². The molecule has 1 heterocycles. The monoisotopic (exact) mass is 223 g/mol. The van der Waals surface area contributed by atoms with Gasteiger partial charge in [-0.3, -0.25) is 4.99 Å². The zero-order valence-electron chi connectivity index (χ0n) is 9.45. The number of hydrogen-bond acceptors (Lipinski definition) is 3. The molecule has 1 N–H and O–H groups in total. The molecule has 0 amide bonds. The van der Waals surface area contributed by atoms with Gasteiger partial charge in [0, 0.05) is 19.3 Å². The first-order chi connectivity index (χ1) is 7.86. The van der Waals surface area contributed by atoms with Crippen molar-refractivity contribution in [2.75, 3.05) is 19.8 Å². The SMILES string of the molecule is C=CCCCNC1=NCCC=C(CF)C=N1. The summed E-state index contributed by atoms with van der Waals surface area (Å²) >= 11 is 0. The number of halogens is 1. The number of hydrogen-bond donors (Lipinski definition) is 1. The minimum atomic E-state index is -0.465. The van der Waals surface area contributed by atoms with Gasteiger partial charge in [0.15, 0.2) is 0 Å². The third kappa shape index (κ3) is 4.87. The lowest BCUT2D eigenvalue weighted by molar-refractivity contribution is 0.552. The second-order valence-electron chi connectivity index (χ2n) is 3.52. The van der Waals surface area contributed by atoms with Gasteiger partial charge in [-0.05, 0) is 24.8 Å². The zero-order chi connectivity index (χ0) is 11.6. The van der Waals surface area contributed by atoms with Crippen molar-refractivity contribution in [2.45, 2.75) is 19.3 Å². The van der Waals surface area contributed by atoms with Crippen LogP contribution in [0.3, 0.4) is 0 Å². The minimum Gasteiger partial charge on any atom is -0.355 e. The van der Waals surface area contributed by atoms with Gasteiger partial charge in [-0.2, -0.15) is 0 Å². The molecule has 0 saturated heterocycles. The van der Waals surface area contributed by atoms with E-state index in [2.05, 4.69) is 21.9 Å². The van der Waals surface area contributed by atoms with Crippen LogP contribution in [0, 0.1) is 0 Å². The van der Waals surface area contributed by atoms with Crippen LogP contribution in [-0.2, 0) is 0 Å². The molecule has 0 atom stereocenters. The molecule has 0 fully saturated rings. The fourth-order valence-electron chi connectivity index (χ4n) is 1.30. The summed E-state index contributed by atoms with van der Waals surface area (Å²) in [6.45, 7) is 4.67. The van der Waals surface area contributed by atoms with Gasteiger partial charge in [0.25, 0.3) is 0 Å². The fraction of sp³-hybridized carbons (Fsp3) is 0.500. The second-order valence-corrected chi connectivity index (χ2v) is 3.52. The van der Waals surface area contributed by atoms with Crippen LogP contribution in [0.5, 0.6) is 0 Å². The highest BCUT2D eigenvalue weighted by atomic mass is 19.1. The number of unbranched alkanes of at least 4 members (excludes halogenated alkanes) is 1. The Morgan fingerprint density at radius 3 is 3.19 bits per heavy atom. The van der Waals surface area contributed by atoms with Crippen molar-refractivity contribution in [1.29, 1.82) is 0 Å². The van der Waals surface area contributed by atoms with Gasteiger partial charge >= 0.3 is 0 Å². The molecular weight excluding hydrogens is 205 g/mol. The lowest BCUT2D eigenvalue weighted by Gasteiger charge is -2.06. The maximum atomic E-state index is 12.4. The van der Waals surface area contributed by atoms with Crippen molar-refractivity contribution in [1.82, 2.24) is 5.32 Å². The number of rotatable bonds is 5. The van der Waals surface area contributed by atoms with Crippen molar-refractivity contribution in [3.63, 3.8) is 0 Å². The van der Waals surface area contributed by atoms with Crippen LogP contribution in [-0.4, -0.2) is 31.9 Å². The van der Waals surface area contributed by atoms with E-state index in [1.54, 1.807) is 6.21 Å². The summed E-state index contributed by atoms with van der Waals surface area (Å²) in [5.41, 5.74) is 0.625. The number of nitrogens with zero attached hydrogens (tertiary/aromatic N) is 2. The Balaban J connectivity index is 2.41.